The maximum atomic E-state index is 12.5. The number of hydrogen-bond acceptors (Lipinski definition) is 4. The first-order chi connectivity index (χ1) is 10.8. The normalized spacial score (nSPS) is 20.6. The standard InChI is InChI=1S/C16H25N3O3S/c1-12(2)6-4-7-13(3)17-16(20)14-8-5-9-19-10-11-23(21,22)18-15(14)19/h5,8-9,12-13H,4,6-7,10-11H2,1-3H3,(H,17,20)/t13-/m0/s1. The molecule has 2 rings (SSSR count). The molecule has 0 bridgehead atoms. The van der Waals surface area contributed by atoms with Gasteiger partial charge < -0.3 is 10.2 Å². The van der Waals surface area contributed by atoms with Crippen molar-refractivity contribution in [2.24, 2.45) is 10.3 Å². The van der Waals surface area contributed by atoms with Crippen LogP contribution in [0.1, 0.15) is 40.0 Å². The summed E-state index contributed by atoms with van der Waals surface area (Å²) in [4.78, 5) is 14.2. The lowest BCUT2D eigenvalue weighted by Gasteiger charge is -2.29. The van der Waals surface area contributed by atoms with Gasteiger partial charge in [0.2, 0.25) is 0 Å². The Labute approximate surface area is 138 Å². The van der Waals surface area contributed by atoms with Crippen molar-refractivity contribution in [3.05, 3.63) is 23.9 Å². The van der Waals surface area contributed by atoms with E-state index in [0.717, 1.165) is 19.3 Å². The number of amides is 1. The predicted octanol–water partition coefficient (Wildman–Crippen LogP) is 1.81. The van der Waals surface area contributed by atoms with Crippen LogP contribution in [0.3, 0.4) is 0 Å². The summed E-state index contributed by atoms with van der Waals surface area (Å²) in [6.07, 6.45) is 8.20. The minimum Gasteiger partial charge on any atom is -0.349 e. The van der Waals surface area contributed by atoms with Gasteiger partial charge in [-0.15, -0.1) is 4.40 Å². The third-order valence-electron chi connectivity index (χ3n) is 3.90. The van der Waals surface area contributed by atoms with Gasteiger partial charge in [0.1, 0.15) is 0 Å². The first-order valence-corrected chi connectivity index (χ1v) is 9.68. The van der Waals surface area contributed by atoms with Gasteiger partial charge in [0.05, 0.1) is 11.3 Å². The molecule has 0 aliphatic carbocycles. The zero-order valence-electron chi connectivity index (χ0n) is 13.9. The number of hydrogen-bond donors (Lipinski definition) is 1. The van der Waals surface area contributed by atoms with Crippen molar-refractivity contribution in [1.82, 2.24) is 10.2 Å². The molecule has 0 aromatic carbocycles. The summed E-state index contributed by atoms with van der Waals surface area (Å²) in [6, 6.07) is 0.0438. The van der Waals surface area contributed by atoms with E-state index in [1.165, 1.54) is 0 Å². The largest absolute Gasteiger partial charge is 0.349 e. The van der Waals surface area contributed by atoms with E-state index in [4.69, 9.17) is 0 Å². The number of allylic oxidation sites excluding steroid dienone is 2. The van der Waals surface area contributed by atoms with Crippen LogP contribution < -0.4 is 5.32 Å². The summed E-state index contributed by atoms with van der Waals surface area (Å²) in [5.74, 6) is 0.582. The summed E-state index contributed by atoms with van der Waals surface area (Å²) in [5.41, 5.74) is 0.312. The number of carbonyl (C=O) groups is 1. The molecule has 2 heterocycles. The molecule has 1 N–H and O–H groups in total. The Hall–Kier alpha value is -1.63. The van der Waals surface area contributed by atoms with Gasteiger partial charge in [0, 0.05) is 18.8 Å². The number of rotatable bonds is 6. The van der Waals surface area contributed by atoms with Crippen LogP contribution in [0.2, 0.25) is 0 Å². The zero-order chi connectivity index (χ0) is 17.0. The molecule has 0 spiro atoms. The summed E-state index contributed by atoms with van der Waals surface area (Å²) in [7, 11) is -3.48. The maximum Gasteiger partial charge on any atom is 0.256 e. The van der Waals surface area contributed by atoms with E-state index in [9.17, 15) is 13.2 Å². The summed E-state index contributed by atoms with van der Waals surface area (Å²) in [6.45, 7) is 6.65. The number of nitrogens with zero attached hydrogens (tertiary/aromatic N) is 2. The quantitative estimate of drug-likeness (QED) is 0.800. The molecule has 7 heteroatoms. The molecule has 2 aliphatic rings. The number of amidine groups is 1. The van der Waals surface area contributed by atoms with Crippen LogP contribution in [0.15, 0.2) is 28.3 Å². The first kappa shape index (κ1) is 17.7. The maximum absolute atomic E-state index is 12.5. The van der Waals surface area contributed by atoms with Crippen molar-refractivity contribution in [3.8, 4) is 0 Å². The highest BCUT2D eigenvalue weighted by molar-refractivity contribution is 7.90. The number of nitrogens with one attached hydrogen (secondary N) is 1. The van der Waals surface area contributed by atoms with Crippen LogP contribution in [0.5, 0.6) is 0 Å². The van der Waals surface area contributed by atoms with Crippen LogP contribution in [-0.4, -0.2) is 43.4 Å². The Bertz CT molecular complexity index is 647. The molecule has 0 aromatic rings. The molecule has 128 valence electrons. The summed E-state index contributed by atoms with van der Waals surface area (Å²) < 4.78 is 27.2. The third kappa shape index (κ3) is 4.92. The van der Waals surface area contributed by atoms with E-state index < -0.39 is 10.0 Å². The zero-order valence-corrected chi connectivity index (χ0v) is 14.8. The molecular formula is C16H25N3O3S. The van der Waals surface area contributed by atoms with Crippen molar-refractivity contribution >= 4 is 21.8 Å². The minimum absolute atomic E-state index is 0.0264. The SMILES string of the molecule is CC(C)CCC[C@H](C)NC(=O)C1=CC=CN2CCS(=O)(=O)N=C12. The highest BCUT2D eigenvalue weighted by atomic mass is 32.2. The van der Waals surface area contributed by atoms with Gasteiger partial charge in [-0.1, -0.05) is 26.7 Å². The van der Waals surface area contributed by atoms with Gasteiger partial charge in [0.15, 0.2) is 5.84 Å². The summed E-state index contributed by atoms with van der Waals surface area (Å²) in [5, 5.41) is 2.94. The highest BCUT2D eigenvalue weighted by Gasteiger charge is 2.30. The topological polar surface area (TPSA) is 78.8 Å². The van der Waals surface area contributed by atoms with Crippen LogP contribution in [0, 0.1) is 5.92 Å². The Balaban J connectivity index is 2.02. The monoisotopic (exact) mass is 339 g/mol. The van der Waals surface area contributed by atoms with Gasteiger partial charge in [-0.05, 0) is 31.4 Å². The van der Waals surface area contributed by atoms with Gasteiger partial charge >= 0.3 is 0 Å². The Kier molecular flexibility index (Phi) is 5.62. The first-order valence-electron chi connectivity index (χ1n) is 8.07. The second-order valence-electron chi connectivity index (χ2n) is 6.52. The van der Waals surface area contributed by atoms with Crippen molar-refractivity contribution < 1.29 is 13.2 Å². The second kappa shape index (κ2) is 7.29. The van der Waals surface area contributed by atoms with Crippen molar-refractivity contribution in [1.29, 1.82) is 0 Å². The molecule has 6 nitrogen and oxygen atoms in total. The lowest BCUT2D eigenvalue weighted by atomic mass is 10.0. The molecule has 0 saturated carbocycles. The van der Waals surface area contributed by atoms with Crippen LogP contribution in [0.25, 0.3) is 0 Å². The molecule has 1 atom stereocenters. The van der Waals surface area contributed by atoms with Gasteiger partial charge in [-0.3, -0.25) is 4.79 Å². The van der Waals surface area contributed by atoms with E-state index in [0.29, 0.717) is 18.0 Å². The number of carbonyl (C=O) groups excluding carboxylic acids is 1. The fourth-order valence-electron chi connectivity index (χ4n) is 2.60. The van der Waals surface area contributed by atoms with Gasteiger partial charge in [0.25, 0.3) is 15.9 Å². The molecule has 0 radical (unpaired) electrons. The molecule has 23 heavy (non-hydrogen) atoms. The average molecular weight is 339 g/mol. The fraction of sp³-hybridized carbons (Fsp3) is 0.625. The Morgan fingerprint density at radius 3 is 2.78 bits per heavy atom. The Morgan fingerprint density at radius 1 is 1.35 bits per heavy atom. The van der Waals surface area contributed by atoms with Crippen molar-refractivity contribution in [2.45, 2.75) is 46.1 Å². The van der Waals surface area contributed by atoms with Gasteiger partial charge in [-0.2, -0.15) is 0 Å². The summed E-state index contributed by atoms with van der Waals surface area (Å²) >= 11 is 0. The fourth-order valence-corrected chi connectivity index (χ4v) is 3.58. The highest BCUT2D eigenvalue weighted by Crippen LogP contribution is 2.18. The predicted molar refractivity (Wildman–Crippen MR) is 91.4 cm³/mol. The lowest BCUT2D eigenvalue weighted by Crippen LogP contribution is -2.43. The molecule has 0 unspecified atom stereocenters. The van der Waals surface area contributed by atoms with E-state index in [1.807, 2.05) is 6.92 Å². The molecule has 0 saturated heterocycles. The number of fused-ring (bicyclic) bond motifs is 1. The van der Waals surface area contributed by atoms with E-state index in [-0.39, 0.29) is 23.5 Å². The minimum atomic E-state index is -3.48. The molecular weight excluding hydrogens is 314 g/mol. The molecule has 0 aromatic heterocycles. The number of sulfonamides is 1. The average Bonchev–Trinajstić information content (AvgIpc) is 2.45. The van der Waals surface area contributed by atoms with Crippen LogP contribution >= 0.6 is 0 Å². The van der Waals surface area contributed by atoms with Crippen LogP contribution in [-0.2, 0) is 14.8 Å². The Morgan fingerprint density at radius 2 is 2.09 bits per heavy atom. The van der Waals surface area contributed by atoms with E-state index in [1.54, 1.807) is 23.3 Å². The lowest BCUT2D eigenvalue weighted by molar-refractivity contribution is -0.117. The van der Waals surface area contributed by atoms with E-state index >= 15 is 0 Å². The van der Waals surface area contributed by atoms with Crippen molar-refractivity contribution in [2.75, 3.05) is 12.3 Å². The molecule has 0 fully saturated rings. The second-order valence-corrected chi connectivity index (χ2v) is 8.27. The molecule has 1 amide bonds. The molecule has 2 aliphatic heterocycles. The third-order valence-corrected chi connectivity index (χ3v) is 5.05. The smallest absolute Gasteiger partial charge is 0.256 e. The van der Waals surface area contributed by atoms with Crippen molar-refractivity contribution in [3.63, 3.8) is 0 Å². The van der Waals surface area contributed by atoms with Crippen LogP contribution in [0.4, 0.5) is 0 Å². The van der Waals surface area contributed by atoms with Gasteiger partial charge in [-0.25, -0.2) is 8.42 Å². The van der Waals surface area contributed by atoms with E-state index in [2.05, 4.69) is 23.6 Å².